The van der Waals surface area contributed by atoms with E-state index in [4.69, 9.17) is 20.8 Å². The fraction of sp³-hybridized carbons (Fsp3) is 0.182. The summed E-state index contributed by atoms with van der Waals surface area (Å²) in [4.78, 5) is 28.0. The van der Waals surface area contributed by atoms with Gasteiger partial charge in [0.2, 0.25) is 5.76 Å². The number of carbonyl (C=O) groups excluding carboxylic acids is 1. The summed E-state index contributed by atoms with van der Waals surface area (Å²) in [5.74, 6) is 0.431. The molecule has 1 aliphatic rings. The number of rotatable bonds is 4. The SMILES string of the molecule is C=CCN1C(=O)c2oc3cc(C)c(Cl)cc3c(=O)c2C1c1ccc(OC)cc1. The zero-order valence-electron chi connectivity index (χ0n) is 15.5. The number of methoxy groups -OCH3 is 1. The second-order valence-electron chi connectivity index (χ2n) is 6.69. The number of hydrogen-bond acceptors (Lipinski definition) is 4. The van der Waals surface area contributed by atoms with Crippen LogP contribution in [-0.4, -0.2) is 24.5 Å². The van der Waals surface area contributed by atoms with Crippen LogP contribution >= 0.6 is 11.6 Å². The van der Waals surface area contributed by atoms with Crippen molar-refractivity contribution in [3.05, 3.63) is 86.7 Å². The minimum absolute atomic E-state index is 0.0712. The lowest BCUT2D eigenvalue weighted by molar-refractivity contribution is 0.0748. The molecule has 0 saturated heterocycles. The second kappa shape index (κ2) is 6.84. The molecule has 142 valence electrons. The molecule has 1 atom stereocenters. The fourth-order valence-corrected chi connectivity index (χ4v) is 3.76. The number of fused-ring (bicyclic) bond motifs is 2. The van der Waals surface area contributed by atoms with Gasteiger partial charge < -0.3 is 14.1 Å². The highest BCUT2D eigenvalue weighted by atomic mass is 35.5. The molecule has 1 aliphatic heterocycles. The Kier molecular flexibility index (Phi) is 4.47. The number of carbonyl (C=O) groups is 1. The maximum absolute atomic E-state index is 13.3. The predicted molar refractivity (Wildman–Crippen MR) is 108 cm³/mol. The molecule has 0 N–H and O–H groups in total. The van der Waals surface area contributed by atoms with Crippen LogP contribution in [0.15, 0.2) is 58.3 Å². The summed E-state index contributed by atoms with van der Waals surface area (Å²) < 4.78 is 11.1. The van der Waals surface area contributed by atoms with Crippen LogP contribution in [0.2, 0.25) is 5.02 Å². The summed E-state index contributed by atoms with van der Waals surface area (Å²) in [7, 11) is 1.58. The van der Waals surface area contributed by atoms with Gasteiger partial charge in [0.15, 0.2) is 5.43 Å². The van der Waals surface area contributed by atoms with Crippen LogP contribution in [0, 0.1) is 6.92 Å². The van der Waals surface area contributed by atoms with Crippen LogP contribution < -0.4 is 10.2 Å². The van der Waals surface area contributed by atoms with Crippen LogP contribution in [0.25, 0.3) is 11.0 Å². The number of halogens is 1. The number of amides is 1. The van der Waals surface area contributed by atoms with Gasteiger partial charge in [0, 0.05) is 11.6 Å². The highest BCUT2D eigenvalue weighted by Gasteiger charge is 2.42. The molecule has 2 aromatic carbocycles. The van der Waals surface area contributed by atoms with Gasteiger partial charge in [0.1, 0.15) is 11.3 Å². The van der Waals surface area contributed by atoms with Gasteiger partial charge in [-0.2, -0.15) is 0 Å². The van der Waals surface area contributed by atoms with E-state index in [1.54, 1.807) is 42.4 Å². The molecule has 0 saturated carbocycles. The Labute approximate surface area is 166 Å². The second-order valence-corrected chi connectivity index (χ2v) is 7.10. The Balaban J connectivity index is 2.00. The van der Waals surface area contributed by atoms with E-state index in [0.717, 1.165) is 11.1 Å². The Bertz CT molecular complexity index is 1160. The Morgan fingerprint density at radius 1 is 1.25 bits per heavy atom. The molecule has 1 amide bonds. The smallest absolute Gasteiger partial charge is 0.291 e. The number of nitrogens with zero attached hydrogens (tertiary/aromatic N) is 1. The van der Waals surface area contributed by atoms with E-state index in [-0.39, 0.29) is 23.6 Å². The van der Waals surface area contributed by atoms with Crippen molar-refractivity contribution >= 4 is 28.5 Å². The first-order valence-electron chi connectivity index (χ1n) is 8.79. The summed E-state index contributed by atoms with van der Waals surface area (Å²) in [6.45, 7) is 5.85. The van der Waals surface area contributed by atoms with E-state index >= 15 is 0 Å². The third kappa shape index (κ3) is 2.70. The van der Waals surface area contributed by atoms with E-state index in [0.29, 0.717) is 27.3 Å². The van der Waals surface area contributed by atoms with Crippen molar-refractivity contribution in [3.8, 4) is 5.75 Å². The van der Waals surface area contributed by atoms with Crippen LogP contribution in [0.1, 0.15) is 33.3 Å². The first-order valence-corrected chi connectivity index (χ1v) is 9.16. The summed E-state index contributed by atoms with van der Waals surface area (Å²) in [5.41, 5.74) is 1.99. The van der Waals surface area contributed by atoms with E-state index in [9.17, 15) is 9.59 Å². The van der Waals surface area contributed by atoms with Gasteiger partial charge in [-0.3, -0.25) is 9.59 Å². The number of hydrogen-bond donors (Lipinski definition) is 0. The third-order valence-electron chi connectivity index (χ3n) is 5.00. The topological polar surface area (TPSA) is 59.8 Å². The van der Waals surface area contributed by atoms with E-state index < -0.39 is 6.04 Å². The van der Waals surface area contributed by atoms with Crippen LogP contribution in [-0.2, 0) is 0 Å². The van der Waals surface area contributed by atoms with E-state index in [2.05, 4.69) is 6.58 Å². The van der Waals surface area contributed by atoms with Gasteiger partial charge in [0.05, 0.1) is 24.1 Å². The highest BCUT2D eigenvalue weighted by Crippen LogP contribution is 2.39. The Morgan fingerprint density at radius 2 is 1.96 bits per heavy atom. The van der Waals surface area contributed by atoms with Gasteiger partial charge in [-0.05, 0) is 42.3 Å². The van der Waals surface area contributed by atoms with Crippen molar-refractivity contribution in [2.24, 2.45) is 0 Å². The maximum atomic E-state index is 13.3. The molecule has 0 fully saturated rings. The average molecular weight is 396 g/mol. The predicted octanol–water partition coefficient (Wildman–Crippen LogP) is 4.49. The number of benzene rings is 2. The molecular formula is C22H18ClNO4. The molecule has 1 aromatic heterocycles. The first kappa shape index (κ1) is 18.3. The van der Waals surface area contributed by atoms with E-state index in [1.807, 2.05) is 19.1 Å². The van der Waals surface area contributed by atoms with Crippen molar-refractivity contribution in [3.63, 3.8) is 0 Å². The van der Waals surface area contributed by atoms with Gasteiger partial charge >= 0.3 is 0 Å². The van der Waals surface area contributed by atoms with Crippen molar-refractivity contribution < 1.29 is 13.9 Å². The quantitative estimate of drug-likeness (QED) is 0.610. The third-order valence-corrected chi connectivity index (χ3v) is 5.41. The highest BCUT2D eigenvalue weighted by molar-refractivity contribution is 6.32. The zero-order chi connectivity index (χ0) is 20.0. The molecular weight excluding hydrogens is 378 g/mol. The number of ether oxygens (including phenoxy) is 1. The zero-order valence-corrected chi connectivity index (χ0v) is 16.2. The molecule has 0 radical (unpaired) electrons. The summed E-state index contributed by atoms with van der Waals surface area (Å²) >= 11 is 6.22. The summed E-state index contributed by atoms with van der Waals surface area (Å²) in [6, 6.07) is 10.0. The van der Waals surface area contributed by atoms with Crippen LogP contribution in [0.5, 0.6) is 5.75 Å². The molecule has 1 unspecified atom stereocenters. The average Bonchev–Trinajstić information content (AvgIpc) is 2.96. The lowest BCUT2D eigenvalue weighted by Crippen LogP contribution is -2.29. The van der Waals surface area contributed by atoms with Crippen molar-refractivity contribution in [1.82, 2.24) is 4.90 Å². The van der Waals surface area contributed by atoms with Gasteiger partial charge in [-0.15, -0.1) is 6.58 Å². The molecule has 6 heteroatoms. The first-order chi connectivity index (χ1) is 13.5. The molecule has 5 nitrogen and oxygen atoms in total. The van der Waals surface area contributed by atoms with E-state index in [1.165, 1.54) is 0 Å². The van der Waals surface area contributed by atoms with Crippen LogP contribution in [0.3, 0.4) is 0 Å². The van der Waals surface area contributed by atoms with Gasteiger partial charge in [-0.25, -0.2) is 0 Å². The minimum Gasteiger partial charge on any atom is -0.497 e. The fourth-order valence-electron chi connectivity index (χ4n) is 3.60. The maximum Gasteiger partial charge on any atom is 0.291 e. The van der Waals surface area contributed by atoms with Crippen molar-refractivity contribution in [2.75, 3.05) is 13.7 Å². The minimum atomic E-state index is -0.563. The normalized spacial score (nSPS) is 15.8. The lowest BCUT2D eigenvalue weighted by Gasteiger charge is -2.23. The standard InChI is InChI=1S/C22H18ClNO4/c1-4-9-24-19(13-5-7-14(27-3)8-6-13)18-20(25)15-11-16(23)12(2)10-17(15)28-21(18)22(24)26/h4-8,10-11,19H,1,9H2,2-3H3. The molecule has 0 spiro atoms. The van der Waals surface area contributed by atoms with Crippen LogP contribution in [0.4, 0.5) is 0 Å². The lowest BCUT2D eigenvalue weighted by atomic mass is 9.98. The molecule has 2 heterocycles. The monoisotopic (exact) mass is 395 g/mol. The number of aryl methyl sites for hydroxylation is 1. The molecule has 0 aliphatic carbocycles. The summed E-state index contributed by atoms with van der Waals surface area (Å²) in [6.07, 6.45) is 1.63. The Morgan fingerprint density at radius 3 is 2.61 bits per heavy atom. The molecule has 0 bridgehead atoms. The molecule has 28 heavy (non-hydrogen) atoms. The molecule has 4 rings (SSSR count). The Hall–Kier alpha value is -3.05. The summed E-state index contributed by atoms with van der Waals surface area (Å²) in [5, 5.41) is 0.842. The van der Waals surface area contributed by atoms with Crippen molar-refractivity contribution in [2.45, 2.75) is 13.0 Å². The van der Waals surface area contributed by atoms with Crippen molar-refractivity contribution in [1.29, 1.82) is 0 Å². The van der Waals surface area contributed by atoms with Gasteiger partial charge in [0.25, 0.3) is 5.91 Å². The largest absolute Gasteiger partial charge is 0.497 e. The molecule has 3 aromatic rings. The van der Waals surface area contributed by atoms with Gasteiger partial charge in [-0.1, -0.05) is 29.8 Å².